The minimum atomic E-state index is -0.0177. The van der Waals surface area contributed by atoms with Crippen LogP contribution in [0.2, 0.25) is 0 Å². The molecule has 2 aromatic heterocycles. The number of nitrogens with one attached hydrogen (secondary N) is 1. The Morgan fingerprint density at radius 2 is 2.29 bits per heavy atom. The first-order valence-corrected chi connectivity index (χ1v) is 9.16. The van der Waals surface area contributed by atoms with Gasteiger partial charge in [-0.25, -0.2) is 0 Å². The van der Waals surface area contributed by atoms with E-state index < -0.39 is 0 Å². The monoisotopic (exact) mass is 347 g/mol. The van der Waals surface area contributed by atoms with Crippen LogP contribution in [0.1, 0.15) is 16.2 Å². The number of thioether (sulfide) groups is 1. The topological polar surface area (TPSA) is 76.2 Å². The average Bonchev–Trinajstić information content (AvgIpc) is 3.30. The van der Waals surface area contributed by atoms with E-state index in [1.54, 1.807) is 17.1 Å². The second-order valence-corrected chi connectivity index (χ2v) is 6.62. The van der Waals surface area contributed by atoms with Gasteiger partial charge in [0.1, 0.15) is 5.76 Å². The third-order valence-corrected chi connectivity index (χ3v) is 4.60. The predicted octanol–water partition coefficient (Wildman–Crippen LogP) is 1.36. The predicted molar refractivity (Wildman–Crippen MR) is 93.9 cm³/mol. The van der Waals surface area contributed by atoms with Gasteiger partial charge in [-0.1, -0.05) is 11.3 Å². The van der Waals surface area contributed by atoms with Crippen molar-refractivity contribution in [3.63, 3.8) is 0 Å². The van der Waals surface area contributed by atoms with Gasteiger partial charge < -0.3 is 14.6 Å². The SMILES string of the molecule is O=C(c1cn(CCNC/C=C/c2ccco2)nn1)N1CCSCC1. The lowest BCUT2D eigenvalue weighted by molar-refractivity contribution is 0.0766. The summed E-state index contributed by atoms with van der Waals surface area (Å²) in [5.74, 6) is 2.81. The van der Waals surface area contributed by atoms with Crippen LogP contribution in [0.5, 0.6) is 0 Å². The third kappa shape index (κ3) is 4.72. The van der Waals surface area contributed by atoms with Crippen molar-refractivity contribution >= 4 is 23.7 Å². The van der Waals surface area contributed by atoms with Gasteiger partial charge in [-0.2, -0.15) is 11.8 Å². The first kappa shape index (κ1) is 16.8. The molecule has 8 heteroatoms. The van der Waals surface area contributed by atoms with E-state index >= 15 is 0 Å². The maximum absolute atomic E-state index is 12.3. The Kier molecular flexibility index (Phi) is 6.08. The maximum Gasteiger partial charge on any atom is 0.276 e. The Bertz CT molecular complexity index is 662. The summed E-state index contributed by atoms with van der Waals surface area (Å²) in [6.07, 6.45) is 7.31. The zero-order chi connectivity index (χ0) is 16.6. The summed E-state index contributed by atoms with van der Waals surface area (Å²) in [5.41, 5.74) is 0.430. The van der Waals surface area contributed by atoms with Gasteiger partial charge in [0, 0.05) is 37.7 Å². The maximum atomic E-state index is 12.3. The van der Waals surface area contributed by atoms with E-state index in [1.165, 1.54) is 0 Å². The molecule has 0 aliphatic carbocycles. The highest BCUT2D eigenvalue weighted by Gasteiger charge is 2.20. The van der Waals surface area contributed by atoms with Crippen LogP contribution in [-0.2, 0) is 6.54 Å². The van der Waals surface area contributed by atoms with Crippen molar-refractivity contribution in [3.05, 3.63) is 42.1 Å². The Labute approximate surface area is 145 Å². The summed E-state index contributed by atoms with van der Waals surface area (Å²) >= 11 is 1.88. The Morgan fingerprint density at radius 3 is 3.08 bits per heavy atom. The summed E-state index contributed by atoms with van der Waals surface area (Å²) in [5, 5.41) is 11.3. The summed E-state index contributed by atoms with van der Waals surface area (Å²) in [6, 6.07) is 3.77. The summed E-state index contributed by atoms with van der Waals surface area (Å²) in [4.78, 5) is 14.2. The second-order valence-electron chi connectivity index (χ2n) is 5.39. The van der Waals surface area contributed by atoms with Crippen LogP contribution in [0.25, 0.3) is 6.08 Å². The first-order chi connectivity index (χ1) is 11.8. The van der Waals surface area contributed by atoms with Crippen LogP contribution in [0, 0.1) is 0 Å². The van der Waals surface area contributed by atoms with Crippen molar-refractivity contribution in [2.45, 2.75) is 6.54 Å². The van der Waals surface area contributed by atoms with Crippen molar-refractivity contribution in [1.29, 1.82) is 0 Å². The number of furan rings is 1. The van der Waals surface area contributed by atoms with Gasteiger partial charge in [-0.15, -0.1) is 5.10 Å². The number of aromatic nitrogens is 3. The normalized spacial score (nSPS) is 15.2. The molecular weight excluding hydrogens is 326 g/mol. The molecule has 0 unspecified atom stereocenters. The Balaban J connectivity index is 1.38. The van der Waals surface area contributed by atoms with Crippen LogP contribution in [0.15, 0.2) is 35.1 Å². The van der Waals surface area contributed by atoms with Crippen LogP contribution >= 0.6 is 11.8 Å². The molecule has 1 N–H and O–H groups in total. The molecule has 0 spiro atoms. The summed E-state index contributed by atoms with van der Waals surface area (Å²) < 4.78 is 6.91. The molecule has 128 valence electrons. The Hall–Kier alpha value is -2.06. The van der Waals surface area contributed by atoms with E-state index in [0.717, 1.165) is 43.4 Å². The zero-order valence-corrected chi connectivity index (χ0v) is 14.2. The lowest BCUT2D eigenvalue weighted by Crippen LogP contribution is -2.38. The molecule has 0 atom stereocenters. The first-order valence-electron chi connectivity index (χ1n) is 8.01. The van der Waals surface area contributed by atoms with E-state index in [0.29, 0.717) is 12.2 Å². The highest BCUT2D eigenvalue weighted by molar-refractivity contribution is 7.99. The number of rotatable bonds is 7. The quantitative estimate of drug-likeness (QED) is 0.762. The van der Waals surface area contributed by atoms with Crippen molar-refractivity contribution < 1.29 is 9.21 Å². The number of nitrogens with zero attached hydrogens (tertiary/aromatic N) is 4. The summed E-state index contributed by atoms with van der Waals surface area (Å²) in [7, 11) is 0. The molecule has 3 rings (SSSR count). The molecule has 7 nitrogen and oxygen atoms in total. The van der Waals surface area contributed by atoms with E-state index in [2.05, 4.69) is 15.6 Å². The second kappa shape index (κ2) is 8.70. The van der Waals surface area contributed by atoms with E-state index in [1.807, 2.05) is 40.9 Å². The molecule has 2 aromatic rings. The number of carbonyl (C=O) groups is 1. The highest BCUT2D eigenvalue weighted by atomic mass is 32.2. The standard InChI is InChI=1S/C16H21N5O2S/c22-16(20-8-11-24-12-9-20)15-13-21(19-18-15)7-6-17-5-1-3-14-4-2-10-23-14/h1-4,10,13,17H,5-9,11-12H2/b3-1+. The fraction of sp³-hybridized carbons (Fsp3) is 0.438. The van der Waals surface area contributed by atoms with Gasteiger partial charge in [0.25, 0.3) is 5.91 Å². The van der Waals surface area contributed by atoms with Gasteiger partial charge in [0.2, 0.25) is 0 Å². The van der Waals surface area contributed by atoms with E-state index in [9.17, 15) is 4.79 Å². The highest BCUT2D eigenvalue weighted by Crippen LogP contribution is 2.11. The van der Waals surface area contributed by atoms with Crippen molar-refractivity contribution in [2.75, 3.05) is 37.7 Å². The molecule has 1 aliphatic heterocycles. The molecule has 3 heterocycles. The molecule has 0 radical (unpaired) electrons. The molecule has 1 amide bonds. The van der Waals surface area contributed by atoms with Gasteiger partial charge in [0.05, 0.1) is 19.0 Å². The van der Waals surface area contributed by atoms with Gasteiger partial charge in [0.15, 0.2) is 5.69 Å². The number of carbonyl (C=O) groups excluding carboxylic acids is 1. The van der Waals surface area contributed by atoms with Gasteiger partial charge in [-0.3, -0.25) is 9.48 Å². The molecule has 0 aromatic carbocycles. The van der Waals surface area contributed by atoms with Crippen molar-refractivity contribution in [2.24, 2.45) is 0 Å². The van der Waals surface area contributed by atoms with Crippen LogP contribution in [0.4, 0.5) is 0 Å². The lowest BCUT2D eigenvalue weighted by atomic mass is 10.3. The van der Waals surface area contributed by atoms with E-state index in [4.69, 9.17) is 4.42 Å². The van der Waals surface area contributed by atoms with Gasteiger partial charge >= 0.3 is 0 Å². The molecular formula is C16H21N5O2S. The van der Waals surface area contributed by atoms with E-state index in [-0.39, 0.29) is 5.91 Å². The van der Waals surface area contributed by atoms with Crippen LogP contribution in [0.3, 0.4) is 0 Å². The number of hydrogen-bond acceptors (Lipinski definition) is 6. The summed E-state index contributed by atoms with van der Waals surface area (Å²) in [6.45, 7) is 3.75. The zero-order valence-electron chi connectivity index (χ0n) is 13.4. The Morgan fingerprint density at radius 1 is 1.42 bits per heavy atom. The minimum absolute atomic E-state index is 0.0177. The molecule has 0 bridgehead atoms. The van der Waals surface area contributed by atoms with Crippen LogP contribution in [-0.4, -0.2) is 63.5 Å². The largest absolute Gasteiger partial charge is 0.465 e. The minimum Gasteiger partial charge on any atom is -0.465 e. The fourth-order valence-electron chi connectivity index (χ4n) is 2.37. The molecule has 1 fully saturated rings. The molecule has 24 heavy (non-hydrogen) atoms. The van der Waals surface area contributed by atoms with Crippen molar-refractivity contribution in [3.8, 4) is 0 Å². The number of hydrogen-bond donors (Lipinski definition) is 1. The third-order valence-electron chi connectivity index (χ3n) is 3.66. The van der Waals surface area contributed by atoms with Crippen LogP contribution < -0.4 is 5.32 Å². The molecule has 0 saturated carbocycles. The lowest BCUT2D eigenvalue weighted by Gasteiger charge is -2.25. The smallest absolute Gasteiger partial charge is 0.276 e. The molecule has 1 saturated heterocycles. The number of amides is 1. The van der Waals surface area contributed by atoms with Gasteiger partial charge in [-0.05, 0) is 18.2 Å². The molecule has 1 aliphatic rings. The van der Waals surface area contributed by atoms with Crippen molar-refractivity contribution in [1.82, 2.24) is 25.2 Å². The fourth-order valence-corrected chi connectivity index (χ4v) is 3.28. The average molecular weight is 347 g/mol.